The molecule has 9 aliphatic rings. The van der Waals surface area contributed by atoms with Crippen molar-refractivity contribution in [2.24, 2.45) is 71.0 Å². The Morgan fingerprint density at radius 3 is 2.17 bits per heavy atom. The number of hydrogen-bond acceptors (Lipinski definition) is 2. The molecule has 1 aromatic carbocycles. The van der Waals surface area contributed by atoms with E-state index in [1.807, 2.05) is 0 Å². The fourth-order valence-electron chi connectivity index (χ4n) is 16.0. The topological polar surface area (TPSA) is 3.24 Å². The number of benzene rings is 1. The Kier molecular flexibility index (Phi) is 12.7. The van der Waals surface area contributed by atoms with Crippen LogP contribution in [-0.4, -0.2) is 33.5 Å². The average Bonchev–Trinajstić information content (AvgIpc) is 3.68. The van der Waals surface area contributed by atoms with Crippen LogP contribution in [0.1, 0.15) is 154 Å². The fraction of sp³-hybridized carbons (Fsp3) is 0.714. The van der Waals surface area contributed by atoms with Gasteiger partial charge in [-0.15, -0.1) is 0 Å². The molecule has 0 radical (unpaired) electrons. The van der Waals surface area contributed by atoms with Gasteiger partial charge >= 0.3 is 0 Å². The molecule has 314 valence electrons. The van der Waals surface area contributed by atoms with Crippen LogP contribution in [0.2, 0.25) is 0 Å². The molecule has 0 amide bonds. The highest BCUT2D eigenvalue weighted by Crippen LogP contribution is 2.60. The van der Waals surface area contributed by atoms with Crippen molar-refractivity contribution < 1.29 is 0 Å². The van der Waals surface area contributed by atoms with Gasteiger partial charge in [0.15, 0.2) is 0 Å². The summed E-state index contributed by atoms with van der Waals surface area (Å²) in [5.41, 5.74) is 1.56. The van der Waals surface area contributed by atoms with Gasteiger partial charge in [0.1, 0.15) is 0 Å². The molecule has 1 heterocycles. The maximum absolute atomic E-state index is 3.23. The summed E-state index contributed by atoms with van der Waals surface area (Å²) >= 11 is 2.53. The maximum Gasteiger partial charge on any atom is 0.0315 e. The van der Waals surface area contributed by atoms with E-state index in [2.05, 4.69) is 122 Å². The van der Waals surface area contributed by atoms with Crippen LogP contribution >= 0.6 is 11.8 Å². The zero-order valence-electron chi connectivity index (χ0n) is 36.6. The smallest absolute Gasteiger partial charge is 0.0315 e. The third-order valence-electron chi connectivity index (χ3n) is 19.0. The first-order chi connectivity index (χ1) is 28.6. The van der Waals surface area contributed by atoms with Crippen LogP contribution in [0.3, 0.4) is 0 Å². The predicted octanol–water partition coefficient (Wildman–Crippen LogP) is 14.8. The number of hydrogen-bond donors (Lipinski definition) is 0. The van der Waals surface area contributed by atoms with Gasteiger partial charge in [0.05, 0.1) is 0 Å². The molecule has 0 bridgehead atoms. The Morgan fingerprint density at radius 2 is 1.36 bits per heavy atom. The summed E-state index contributed by atoms with van der Waals surface area (Å²) in [6, 6.07) is 13.7. The predicted molar refractivity (Wildman–Crippen MR) is 249 cm³/mol. The molecule has 1 saturated heterocycles. The molecule has 2 heteroatoms. The summed E-state index contributed by atoms with van der Waals surface area (Å²) in [5.74, 6) is 11.2. The Labute approximate surface area is 359 Å². The zero-order valence-corrected chi connectivity index (χ0v) is 37.4. The van der Waals surface area contributed by atoms with Crippen molar-refractivity contribution in [3.63, 3.8) is 0 Å². The van der Waals surface area contributed by atoms with Crippen molar-refractivity contribution >= 4 is 11.8 Å². The van der Waals surface area contributed by atoms with Crippen molar-refractivity contribution in [3.05, 3.63) is 96.7 Å². The van der Waals surface area contributed by atoms with Crippen LogP contribution in [0.15, 0.2) is 91.1 Å². The molecule has 0 N–H and O–H groups in total. The van der Waals surface area contributed by atoms with Crippen molar-refractivity contribution in [1.29, 1.82) is 0 Å². The van der Waals surface area contributed by atoms with Gasteiger partial charge in [-0.2, -0.15) is 11.8 Å². The van der Waals surface area contributed by atoms with E-state index >= 15 is 0 Å². The molecule has 0 spiro atoms. The Morgan fingerprint density at radius 1 is 0.552 bits per heavy atom. The summed E-state index contributed by atoms with van der Waals surface area (Å²) in [5, 5.41) is 1.80. The minimum Gasteiger partial charge on any atom is -0.290 e. The first-order valence-corrected chi connectivity index (χ1v) is 26.4. The molecule has 58 heavy (non-hydrogen) atoms. The van der Waals surface area contributed by atoms with Crippen LogP contribution in [0.4, 0.5) is 0 Å². The number of rotatable bonds is 8. The molecule has 8 aliphatic carbocycles. The lowest BCUT2D eigenvalue weighted by atomic mass is 9.61. The van der Waals surface area contributed by atoms with Crippen LogP contribution in [0.5, 0.6) is 0 Å². The summed E-state index contributed by atoms with van der Waals surface area (Å²) in [6.07, 6.45) is 54.2. The summed E-state index contributed by atoms with van der Waals surface area (Å²) < 4.78 is 0. The maximum atomic E-state index is 3.23. The molecule has 1 aliphatic heterocycles. The molecule has 1 aromatic rings. The number of thioether (sulfide) groups is 1. The van der Waals surface area contributed by atoms with E-state index in [0.717, 1.165) is 87.7 Å². The van der Waals surface area contributed by atoms with E-state index in [1.54, 1.807) is 12.0 Å². The summed E-state index contributed by atoms with van der Waals surface area (Å²) in [7, 11) is 0. The van der Waals surface area contributed by atoms with Gasteiger partial charge in [0.2, 0.25) is 0 Å². The molecule has 4 saturated carbocycles. The van der Waals surface area contributed by atoms with Crippen LogP contribution < -0.4 is 0 Å². The monoisotopic (exact) mass is 798 g/mol. The highest BCUT2D eigenvalue weighted by atomic mass is 32.2. The van der Waals surface area contributed by atoms with Crippen molar-refractivity contribution in [2.45, 2.75) is 177 Å². The van der Waals surface area contributed by atoms with E-state index in [-0.39, 0.29) is 0 Å². The second kappa shape index (κ2) is 18.3. The van der Waals surface area contributed by atoms with E-state index in [9.17, 15) is 0 Å². The minimum absolute atomic E-state index is 0.574. The lowest BCUT2D eigenvalue weighted by Crippen LogP contribution is -2.57. The highest BCUT2D eigenvalue weighted by molar-refractivity contribution is 8.00. The second-order valence-corrected chi connectivity index (χ2v) is 23.2. The van der Waals surface area contributed by atoms with Crippen molar-refractivity contribution in [3.8, 4) is 0 Å². The lowest BCUT2D eigenvalue weighted by molar-refractivity contribution is -0.0185. The average molecular weight is 798 g/mol. The second-order valence-electron chi connectivity index (χ2n) is 21.8. The van der Waals surface area contributed by atoms with Gasteiger partial charge in [0.25, 0.3) is 0 Å². The van der Waals surface area contributed by atoms with Crippen molar-refractivity contribution in [2.75, 3.05) is 0 Å². The van der Waals surface area contributed by atoms with Gasteiger partial charge in [0, 0.05) is 28.6 Å². The first-order valence-electron chi connectivity index (χ1n) is 25.4. The molecular weight excluding hydrogens is 719 g/mol. The van der Waals surface area contributed by atoms with Gasteiger partial charge in [-0.1, -0.05) is 131 Å². The lowest BCUT2D eigenvalue weighted by Gasteiger charge is -2.53. The quantitative estimate of drug-likeness (QED) is 0.241. The molecular formula is C56H79NS. The highest BCUT2D eigenvalue weighted by Gasteiger charge is 2.53. The van der Waals surface area contributed by atoms with Gasteiger partial charge in [-0.05, 0) is 185 Å². The van der Waals surface area contributed by atoms with Crippen LogP contribution in [-0.2, 0) is 0 Å². The van der Waals surface area contributed by atoms with E-state index < -0.39 is 0 Å². The molecule has 10 rings (SSSR count). The van der Waals surface area contributed by atoms with E-state index in [0.29, 0.717) is 17.9 Å². The van der Waals surface area contributed by atoms with Crippen LogP contribution in [0.25, 0.3) is 0 Å². The van der Waals surface area contributed by atoms with Gasteiger partial charge < -0.3 is 0 Å². The van der Waals surface area contributed by atoms with Crippen LogP contribution in [0, 0.1) is 71.0 Å². The Hall–Kier alpha value is -1.77. The fourth-order valence-corrected chi connectivity index (χ4v) is 18.5. The van der Waals surface area contributed by atoms with E-state index in [1.165, 1.54) is 122 Å². The number of fused-ring (bicyclic) bond motifs is 3. The largest absolute Gasteiger partial charge is 0.290 e. The summed E-state index contributed by atoms with van der Waals surface area (Å²) in [4.78, 5) is 3.23. The Balaban J connectivity index is 0.818. The Bertz CT molecular complexity index is 1640. The minimum atomic E-state index is 0.574. The van der Waals surface area contributed by atoms with E-state index in [4.69, 9.17) is 0 Å². The van der Waals surface area contributed by atoms with Gasteiger partial charge in [-0.3, -0.25) is 4.90 Å². The molecule has 16 unspecified atom stereocenters. The standard InChI is InChI=1S/C56H79NS/c1-38-36-45(40-16-6-3-7-17-40)32-35-53(38)57(54-29-15-24-48(39(54)2)42-18-8-4-9-19-42)47-33-30-41(31-34-47)44-22-12-23-46(37-44)50-26-14-28-52-51-27-13-25-49(55(51)58-56(50)52)43-20-10-5-11-21-43/h4-6,8-11,13,15-16,18-20,27,29,38-41,43-56H,3,7,12,14,17,21-26,28,30-37H2,1-2H3. The third kappa shape index (κ3) is 8.16. The molecule has 1 nitrogen and oxygen atoms in total. The first kappa shape index (κ1) is 40.3. The molecule has 16 atom stereocenters. The molecule has 0 aromatic heterocycles. The SMILES string of the molecule is CC1CC(C2C=CCCC2)CCC1N(C1CCC(C2CCCC(C3CCCC4C5C=CCC(C6C=CC=CC6)C5SC34)C2)CC1)C1C=CCC(c2ccccc2)C1C. The summed E-state index contributed by atoms with van der Waals surface area (Å²) in [6.45, 7) is 5.30. The normalized spacial score (nSPS) is 46.5. The third-order valence-corrected chi connectivity index (χ3v) is 21.0. The number of nitrogens with zero attached hydrogens (tertiary/aromatic N) is 1. The zero-order chi connectivity index (χ0) is 39.0. The van der Waals surface area contributed by atoms with Gasteiger partial charge in [-0.25, -0.2) is 0 Å². The number of allylic oxidation sites excluding steroid dienone is 9. The molecule has 5 fully saturated rings. The van der Waals surface area contributed by atoms with Crippen molar-refractivity contribution in [1.82, 2.24) is 4.90 Å².